The van der Waals surface area contributed by atoms with Crippen molar-refractivity contribution in [2.75, 3.05) is 33.5 Å². The lowest BCUT2D eigenvalue weighted by molar-refractivity contribution is -0.202. The van der Waals surface area contributed by atoms with E-state index >= 15 is 0 Å². The summed E-state index contributed by atoms with van der Waals surface area (Å²) in [5, 5.41) is 60.4. The predicted molar refractivity (Wildman–Crippen MR) is 161 cm³/mol. The number of ether oxygens (including phenoxy) is 3. The Bertz CT molecular complexity index is 1110. The van der Waals surface area contributed by atoms with Crippen molar-refractivity contribution in [3.05, 3.63) is 11.6 Å². The average Bonchev–Trinajstić information content (AvgIpc) is 3.51. The standard InChI is InChI=1S/C34H55NO9/c1-31-10-6-19(43-15-5-14-42-4)16-24(31)25(37)17-23-22(31)7-11-32(2)26(8-12-34(23,32)41)33(3,40)29(38)27-21(18-36)20-9-13-35-30(39)28(20)44-27/h17,19-22,24,26-30,35-36,38-41H,5-16,18H2,1-4H3/t19-,20+,21+,22-,24-,26-,27-,28-,29+,30+,31+,32+,33-,34+/m0/s1. The normalized spacial score (nSPS) is 48.9. The highest BCUT2D eigenvalue weighted by molar-refractivity contribution is 5.95. The summed E-state index contributed by atoms with van der Waals surface area (Å²) < 4.78 is 17.5. The van der Waals surface area contributed by atoms with E-state index in [2.05, 4.69) is 12.2 Å². The minimum Gasteiger partial charge on any atom is -0.396 e. The fourth-order valence-corrected chi connectivity index (χ4v) is 11.0. The summed E-state index contributed by atoms with van der Waals surface area (Å²) in [5.41, 5.74) is -3.14. The molecular formula is C34H55NO9. The van der Waals surface area contributed by atoms with Gasteiger partial charge in [-0.15, -0.1) is 0 Å². The molecule has 44 heavy (non-hydrogen) atoms. The minimum atomic E-state index is -1.64. The summed E-state index contributed by atoms with van der Waals surface area (Å²) in [7, 11) is 1.68. The molecule has 0 aromatic carbocycles. The average molecular weight is 622 g/mol. The van der Waals surface area contributed by atoms with Crippen LogP contribution in [0.5, 0.6) is 0 Å². The molecule has 0 bridgehead atoms. The number of methoxy groups -OCH3 is 1. The van der Waals surface area contributed by atoms with Crippen LogP contribution in [0.3, 0.4) is 0 Å². The Morgan fingerprint density at radius 3 is 2.64 bits per heavy atom. The van der Waals surface area contributed by atoms with Crippen molar-refractivity contribution in [3.8, 4) is 0 Å². The summed E-state index contributed by atoms with van der Waals surface area (Å²) >= 11 is 0. The van der Waals surface area contributed by atoms with Crippen LogP contribution in [0.1, 0.15) is 78.6 Å². The third-order valence-electron chi connectivity index (χ3n) is 13.6. The number of nitrogens with one attached hydrogen (secondary N) is 1. The third-order valence-corrected chi connectivity index (χ3v) is 13.6. The third kappa shape index (κ3) is 4.89. The van der Waals surface area contributed by atoms with Crippen LogP contribution in [-0.2, 0) is 19.0 Å². The van der Waals surface area contributed by atoms with E-state index in [4.69, 9.17) is 14.2 Å². The maximum atomic E-state index is 13.8. The number of ketones is 1. The molecule has 0 aromatic rings. The molecule has 0 radical (unpaired) electrons. The molecule has 2 heterocycles. The van der Waals surface area contributed by atoms with Gasteiger partial charge in [-0.25, -0.2) is 0 Å². The van der Waals surface area contributed by atoms with Gasteiger partial charge in [0.2, 0.25) is 0 Å². The van der Waals surface area contributed by atoms with Crippen LogP contribution in [0.4, 0.5) is 0 Å². The summed E-state index contributed by atoms with van der Waals surface area (Å²) in [4.78, 5) is 13.8. The molecule has 10 heteroatoms. The first-order chi connectivity index (χ1) is 20.8. The van der Waals surface area contributed by atoms with E-state index in [-0.39, 0.29) is 41.7 Å². The van der Waals surface area contributed by atoms with Crippen LogP contribution in [0.25, 0.3) is 0 Å². The van der Waals surface area contributed by atoms with Gasteiger partial charge in [-0.05, 0) is 106 Å². The first kappa shape index (κ1) is 33.0. The molecule has 6 N–H and O–H groups in total. The number of carbonyl (C=O) groups is 1. The zero-order valence-corrected chi connectivity index (χ0v) is 26.9. The minimum absolute atomic E-state index is 0.0505. The molecule has 0 spiro atoms. The molecule has 0 aromatic heterocycles. The molecule has 250 valence electrons. The van der Waals surface area contributed by atoms with Gasteiger partial charge in [0.05, 0.1) is 23.4 Å². The van der Waals surface area contributed by atoms with Crippen molar-refractivity contribution in [1.82, 2.24) is 5.32 Å². The van der Waals surface area contributed by atoms with Crippen LogP contribution in [0.15, 0.2) is 11.6 Å². The fourth-order valence-electron chi connectivity index (χ4n) is 11.0. The van der Waals surface area contributed by atoms with Crippen LogP contribution in [-0.4, -0.2) is 107 Å². The van der Waals surface area contributed by atoms with Crippen molar-refractivity contribution in [3.63, 3.8) is 0 Å². The molecule has 5 fully saturated rings. The Morgan fingerprint density at radius 2 is 1.91 bits per heavy atom. The number of piperidine rings is 1. The fraction of sp³-hybridized carbons (Fsp3) is 0.912. The van der Waals surface area contributed by atoms with Gasteiger partial charge in [-0.1, -0.05) is 13.8 Å². The van der Waals surface area contributed by atoms with Gasteiger partial charge < -0.3 is 39.7 Å². The highest BCUT2D eigenvalue weighted by atomic mass is 16.5. The molecule has 2 saturated heterocycles. The van der Waals surface area contributed by atoms with E-state index in [1.54, 1.807) is 20.1 Å². The molecule has 6 aliphatic rings. The zero-order valence-electron chi connectivity index (χ0n) is 26.9. The molecule has 4 aliphatic carbocycles. The monoisotopic (exact) mass is 621 g/mol. The number of hydrogen-bond donors (Lipinski definition) is 6. The Kier molecular flexibility index (Phi) is 8.94. The number of aliphatic hydroxyl groups is 5. The molecule has 0 unspecified atom stereocenters. The second kappa shape index (κ2) is 11.9. The van der Waals surface area contributed by atoms with E-state index in [1.165, 1.54) is 0 Å². The first-order valence-electron chi connectivity index (χ1n) is 17.0. The van der Waals surface area contributed by atoms with Crippen LogP contribution in [0.2, 0.25) is 0 Å². The lowest BCUT2D eigenvalue weighted by Crippen LogP contribution is -2.63. The largest absolute Gasteiger partial charge is 0.396 e. The highest BCUT2D eigenvalue weighted by Gasteiger charge is 2.69. The van der Waals surface area contributed by atoms with Gasteiger partial charge in [0.1, 0.15) is 18.4 Å². The number of carbonyl (C=O) groups excluding carboxylic acids is 1. The van der Waals surface area contributed by atoms with Crippen LogP contribution >= 0.6 is 0 Å². The van der Waals surface area contributed by atoms with Gasteiger partial charge >= 0.3 is 0 Å². The first-order valence-corrected chi connectivity index (χ1v) is 17.0. The molecule has 10 nitrogen and oxygen atoms in total. The van der Waals surface area contributed by atoms with E-state index in [0.29, 0.717) is 51.9 Å². The van der Waals surface area contributed by atoms with E-state index in [0.717, 1.165) is 31.3 Å². The van der Waals surface area contributed by atoms with Gasteiger partial charge in [0, 0.05) is 44.2 Å². The second-order valence-electron chi connectivity index (χ2n) is 15.6. The smallest absolute Gasteiger partial charge is 0.159 e. The maximum absolute atomic E-state index is 13.8. The molecule has 0 amide bonds. The van der Waals surface area contributed by atoms with Crippen molar-refractivity contribution in [2.24, 2.45) is 40.4 Å². The summed E-state index contributed by atoms with van der Waals surface area (Å²) in [6.45, 7) is 7.52. The second-order valence-corrected chi connectivity index (χ2v) is 15.6. The SMILES string of the molecule is COCCCO[C@H]1CC[C@@]2(C)[C@@H](C1)C(=O)C=C1[C@@H]2CC[C@]2(C)[C@@H]([C@](C)(O)[C@H](O)[C@H]3O[C@H]4[C@H](CCN[C@@H]4O)[C@H]3CO)CC[C@@]12O. The Hall–Kier alpha value is -0.950. The summed E-state index contributed by atoms with van der Waals surface area (Å²) in [6.07, 6.45) is 4.45. The van der Waals surface area contributed by atoms with E-state index in [9.17, 15) is 30.3 Å². The lowest BCUT2D eigenvalue weighted by atomic mass is 9.46. The van der Waals surface area contributed by atoms with Crippen LogP contribution in [0, 0.1) is 40.4 Å². The maximum Gasteiger partial charge on any atom is 0.159 e. The molecular weight excluding hydrogens is 566 g/mol. The number of hydrogen-bond acceptors (Lipinski definition) is 10. The van der Waals surface area contributed by atoms with Crippen molar-refractivity contribution < 1.29 is 44.5 Å². The lowest BCUT2D eigenvalue weighted by Gasteiger charge is -2.60. The number of aliphatic hydroxyl groups excluding tert-OH is 3. The molecule has 14 atom stereocenters. The molecule has 6 rings (SSSR count). The Labute approximate surface area is 261 Å². The van der Waals surface area contributed by atoms with Crippen LogP contribution < -0.4 is 5.32 Å². The zero-order chi connectivity index (χ0) is 31.7. The van der Waals surface area contributed by atoms with E-state index in [1.807, 2.05) is 6.92 Å². The highest BCUT2D eigenvalue weighted by Crippen LogP contribution is 2.69. The summed E-state index contributed by atoms with van der Waals surface area (Å²) in [5.74, 6) is -1.02. The van der Waals surface area contributed by atoms with E-state index < -0.39 is 53.0 Å². The van der Waals surface area contributed by atoms with Gasteiger partial charge in [-0.2, -0.15) is 0 Å². The van der Waals surface area contributed by atoms with Gasteiger partial charge in [0.25, 0.3) is 0 Å². The quantitative estimate of drug-likeness (QED) is 0.209. The van der Waals surface area contributed by atoms with Gasteiger partial charge in [-0.3, -0.25) is 10.1 Å². The predicted octanol–water partition coefficient (Wildman–Crippen LogP) is 1.70. The summed E-state index contributed by atoms with van der Waals surface area (Å²) in [6, 6.07) is 0. The number of fused-ring (bicyclic) bond motifs is 6. The number of allylic oxidation sites excluding steroid dienone is 1. The Morgan fingerprint density at radius 1 is 1.14 bits per heavy atom. The van der Waals surface area contributed by atoms with Crippen molar-refractivity contribution >= 4 is 5.78 Å². The Balaban J connectivity index is 1.23. The topological polar surface area (TPSA) is 158 Å². The van der Waals surface area contributed by atoms with Crippen molar-refractivity contribution in [1.29, 1.82) is 0 Å². The molecule has 2 aliphatic heterocycles. The van der Waals surface area contributed by atoms with Gasteiger partial charge in [0.15, 0.2) is 5.78 Å². The van der Waals surface area contributed by atoms with Crippen molar-refractivity contribution in [2.45, 2.75) is 120 Å². The molecule has 3 saturated carbocycles. The number of rotatable bonds is 9.